The Morgan fingerprint density at radius 2 is 2.33 bits per heavy atom. The molecule has 2 atom stereocenters. The number of esters is 1. The van der Waals surface area contributed by atoms with Gasteiger partial charge >= 0.3 is 5.97 Å². The molecule has 0 spiro atoms. The molecule has 2 aromatic rings. The van der Waals surface area contributed by atoms with Crippen LogP contribution in [-0.4, -0.2) is 18.0 Å². The van der Waals surface area contributed by atoms with Crippen molar-refractivity contribution >= 4 is 23.2 Å². The third-order valence-corrected chi connectivity index (χ3v) is 5.42. The number of thiophene rings is 1. The van der Waals surface area contributed by atoms with E-state index in [4.69, 9.17) is 9.15 Å². The number of amides is 1. The van der Waals surface area contributed by atoms with Gasteiger partial charge in [0.1, 0.15) is 10.6 Å². The predicted octanol–water partition coefficient (Wildman–Crippen LogP) is 3.33. The highest BCUT2D eigenvalue weighted by atomic mass is 32.1. The van der Waals surface area contributed by atoms with E-state index in [1.807, 2.05) is 6.07 Å². The largest absolute Gasteiger partial charge is 0.467 e. The standard InChI is InChI=1S/C18H21NO4S/c1-11-5-6-15-13(8-11)9-16(24-15)18(21)23-12(2)17(20)19-10-14-4-3-7-22-14/h3-4,7,9,11-12H,5-6,8,10H2,1-2H3,(H,19,20). The van der Waals surface area contributed by atoms with Crippen molar-refractivity contribution in [1.29, 1.82) is 0 Å². The fraction of sp³-hybridized carbons (Fsp3) is 0.444. The maximum Gasteiger partial charge on any atom is 0.349 e. The molecule has 3 rings (SSSR count). The summed E-state index contributed by atoms with van der Waals surface area (Å²) in [4.78, 5) is 26.2. The van der Waals surface area contributed by atoms with Gasteiger partial charge in [0, 0.05) is 4.88 Å². The van der Waals surface area contributed by atoms with E-state index in [-0.39, 0.29) is 12.5 Å². The molecule has 2 aromatic heterocycles. The Bertz CT molecular complexity index is 719. The Hall–Kier alpha value is -2.08. The summed E-state index contributed by atoms with van der Waals surface area (Å²) >= 11 is 1.49. The SMILES string of the molecule is CC1CCc2sc(C(=O)OC(C)C(=O)NCc3ccco3)cc2C1. The van der Waals surface area contributed by atoms with Gasteiger partial charge in [-0.15, -0.1) is 11.3 Å². The van der Waals surface area contributed by atoms with Gasteiger partial charge in [-0.1, -0.05) is 6.92 Å². The first-order valence-corrected chi connectivity index (χ1v) is 8.97. The van der Waals surface area contributed by atoms with Gasteiger partial charge in [0.05, 0.1) is 12.8 Å². The molecule has 0 radical (unpaired) electrons. The average Bonchev–Trinajstić information content (AvgIpc) is 3.21. The second-order valence-electron chi connectivity index (χ2n) is 6.25. The topological polar surface area (TPSA) is 68.5 Å². The minimum Gasteiger partial charge on any atom is -0.467 e. The van der Waals surface area contributed by atoms with Crippen LogP contribution >= 0.6 is 11.3 Å². The molecule has 0 bridgehead atoms. The van der Waals surface area contributed by atoms with Gasteiger partial charge in [0.15, 0.2) is 6.10 Å². The van der Waals surface area contributed by atoms with Crippen LogP contribution in [0, 0.1) is 5.92 Å². The summed E-state index contributed by atoms with van der Waals surface area (Å²) in [5.74, 6) is 0.543. The molecule has 6 heteroatoms. The van der Waals surface area contributed by atoms with Gasteiger partial charge in [0.2, 0.25) is 0 Å². The lowest BCUT2D eigenvalue weighted by Crippen LogP contribution is -2.35. The van der Waals surface area contributed by atoms with E-state index in [2.05, 4.69) is 12.2 Å². The Morgan fingerprint density at radius 1 is 1.50 bits per heavy atom. The van der Waals surface area contributed by atoms with Crippen molar-refractivity contribution in [1.82, 2.24) is 5.32 Å². The summed E-state index contributed by atoms with van der Waals surface area (Å²) < 4.78 is 10.4. The van der Waals surface area contributed by atoms with Crippen molar-refractivity contribution in [3.05, 3.63) is 45.5 Å². The fourth-order valence-corrected chi connectivity index (χ4v) is 3.90. The predicted molar refractivity (Wildman–Crippen MR) is 90.9 cm³/mol. The highest BCUT2D eigenvalue weighted by molar-refractivity contribution is 7.14. The van der Waals surface area contributed by atoms with Crippen LogP contribution in [0.3, 0.4) is 0 Å². The van der Waals surface area contributed by atoms with E-state index in [9.17, 15) is 9.59 Å². The number of carbonyl (C=O) groups is 2. The van der Waals surface area contributed by atoms with Crippen LogP contribution in [0.15, 0.2) is 28.9 Å². The van der Waals surface area contributed by atoms with Gasteiger partial charge in [-0.05, 0) is 55.9 Å². The summed E-state index contributed by atoms with van der Waals surface area (Å²) in [5, 5.41) is 2.69. The average molecular weight is 347 g/mol. The number of hydrogen-bond acceptors (Lipinski definition) is 5. The van der Waals surface area contributed by atoms with Gasteiger partial charge in [-0.25, -0.2) is 4.79 Å². The van der Waals surface area contributed by atoms with Crippen LogP contribution in [0.4, 0.5) is 0 Å². The smallest absolute Gasteiger partial charge is 0.349 e. The van der Waals surface area contributed by atoms with Gasteiger partial charge in [0.25, 0.3) is 5.91 Å². The number of nitrogens with one attached hydrogen (secondary N) is 1. The van der Waals surface area contributed by atoms with E-state index in [0.29, 0.717) is 16.6 Å². The van der Waals surface area contributed by atoms with Crippen LogP contribution in [0.2, 0.25) is 0 Å². The first kappa shape index (κ1) is 16.8. The van der Waals surface area contributed by atoms with Crippen LogP contribution < -0.4 is 5.32 Å². The molecular weight excluding hydrogens is 326 g/mol. The molecule has 0 fully saturated rings. The van der Waals surface area contributed by atoms with E-state index < -0.39 is 12.1 Å². The Morgan fingerprint density at radius 3 is 3.08 bits per heavy atom. The summed E-state index contributed by atoms with van der Waals surface area (Å²) in [6.45, 7) is 4.08. The normalized spacial score (nSPS) is 17.8. The maximum atomic E-state index is 12.3. The molecule has 1 amide bonds. The maximum absolute atomic E-state index is 12.3. The number of aryl methyl sites for hydroxylation is 1. The molecule has 0 saturated carbocycles. The highest BCUT2D eigenvalue weighted by Gasteiger charge is 2.24. The Balaban J connectivity index is 1.55. The van der Waals surface area contributed by atoms with Crippen LogP contribution in [0.1, 0.15) is 46.1 Å². The van der Waals surface area contributed by atoms with Crippen molar-refractivity contribution in [2.75, 3.05) is 0 Å². The van der Waals surface area contributed by atoms with Crippen molar-refractivity contribution < 1.29 is 18.7 Å². The Kier molecular flexibility index (Phi) is 5.04. The van der Waals surface area contributed by atoms with E-state index in [1.54, 1.807) is 25.3 Å². The molecule has 1 N–H and O–H groups in total. The zero-order valence-electron chi connectivity index (χ0n) is 13.8. The molecule has 0 aliphatic heterocycles. The number of hydrogen-bond donors (Lipinski definition) is 1. The van der Waals surface area contributed by atoms with Gasteiger partial charge in [-0.3, -0.25) is 4.79 Å². The molecule has 2 unspecified atom stereocenters. The third-order valence-electron chi connectivity index (χ3n) is 4.20. The number of furan rings is 1. The lowest BCUT2D eigenvalue weighted by atomic mass is 9.90. The summed E-state index contributed by atoms with van der Waals surface area (Å²) in [6.07, 6.45) is 3.90. The molecular formula is C18H21NO4S. The molecule has 1 aliphatic carbocycles. The van der Waals surface area contributed by atoms with Gasteiger partial charge < -0.3 is 14.5 Å². The lowest BCUT2D eigenvalue weighted by molar-refractivity contribution is -0.129. The third kappa shape index (κ3) is 3.87. The quantitative estimate of drug-likeness (QED) is 0.843. The van der Waals surface area contributed by atoms with E-state index >= 15 is 0 Å². The first-order valence-electron chi connectivity index (χ1n) is 8.15. The number of ether oxygens (including phenoxy) is 1. The monoisotopic (exact) mass is 347 g/mol. The number of fused-ring (bicyclic) bond motifs is 1. The summed E-state index contributed by atoms with van der Waals surface area (Å²) in [6, 6.07) is 5.45. The Labute approximate surface area is 145 Å². The highest BCUT2D eigenvalue weighted by Crippen LogP contribution is 2.32. The second kappa shape index (κ2) is 7.21. The van der Waals surface area contributed by atoms with Crippen LogP contribution in [0.25, 0.3) is 0 Å². The molecule has 5 nitrogen and oxygen atoms in total. The minimum atomic E-state index is -0.842. The van der Waals surface area contributed by atoms with Crippen LogP contribution in [0.5, 0.6) is 0 Å². The molecule has 0 saturated heterocycles. The molecule has 128 valence electrons. The second-order valence-corrected chi connectivity index (χ2v) is 7.39. The van der Waals surface area contributed by atoms with Crippen molar-refractivity contribution in [2.45, 2.75) is 45.8 Å². The molecule has 2 heterocycles. The van der Waals surface area contributed by atoms with Crippen molar-refractivity contribution in [3.8, 4) is 0 Å². The molecule has 1 aliphatic rings. The molecule has 0 aromatic carbocycles. The zero-order valence-corrected chi connectivity index (χ0v) is 14.7. The van der Waals surface area contributed by atoms with E-state index in [0.717, 1.165) is 19.3 Å². The summed E-state index contributed by atoms with van der Waals surface area (Å²) in [5.41, 5.74) is 1.25. The minimum absolute atomic E-state index is 0.277. The van der Waals surface area contributed by atoms with Gasteiger partial charge in [-0.2, -0.15) is 0 Å². The fourth-order valence-electron chi connectivity index (χ4n) is 2.81. The van der Waals surface area contributed by atoms with Crippen molar-refractivity contribution in [3.63, 3.8) is 0 Å². The molecule has 24 heavy (non-hydrogen) atoms. The number of carbonyl (C=O) groups excluding carboxylic acids is 2. The zero-order chi connectivity index (χ0) is 17.1. The van der Waals surface area contributed by atoms with E-state index in [1.165, 1.54) is 21.8 Å². The van der Waals surface area contributed by atoms with Crippen LogP contribution in [-0.2, 0) is 28.9 Å². The van der Waals surface area contributed by atoms with Crippen molar-refractivity contribution in [2.24, 2.45) is 5.92 Å². The summed E-state index contributed by atoms with van der Waals surface area (Å²) in [7, 11) is 0. The lowest BCUT2D eigenvalue weighted by Gasteiger charge is -2.16. The number of rotatable bonds is 5. The first-order chi connectivity index (χ1) is 11.5.